The van der Waals surface area contributed by atoms with Gasteiger partial charge in [0.15, 0.2) is 5.43 Å². The van der Waals surface area contributed by atoms with Crippen molar-refractivity contribution >= 4 is 53.7 Å². The standard InChI is InChI=1S/C35H28N2O2S/c1-34(2)27-9-5-6-10-28(27)37(3)35(34)20-36-32-24-15-12-21(18-23(24)13-16-29(32)39-35)22-14-17-31-26(19-22)33(38)25-8-4-7-11-30(25)40-31/h4-19,36H,20H2,1-3H3. The molecule has 6 aromatic rings. The maximum Gasteiger partial charge on any atom is 0.209 e. The first-order valence-corrected chi connectivity index (χ1v) is 14.5. The molecular formula is C35H28N2O2S. The van der Waals surface area contributed by atoms with Crippen molar-refractivity contribution in [1.29, 1.82) is 0 Å². The molecule has 0 fully saturated rings. The quantitative estimate of drug-likeness (QED) is 0.214. The zero-order valence-corrected chi connectivity index (χ0v) is 23.4. The summed E-state index contributed by atoms with van der Waals surface area (Å²) in [6.45, 7) is 5.22. The lowest BCUT2D eigenvalue weighted by Gasteiger charge is -2.49. The fourth-order valence-electron chi connectivity index (χ4n) is 6.82. The molecule has 4 nitrogen and oxygen atoms in total. The minimum absolute atomic E-state index is 0.0956. The third-order valence-electron chi connectivity index (χ3n) is 9.13. The van der Waals surface area contributed by atoms with Gasteiger partial charge in [-0.3, -0.25) is 4.79 Å². The van der Waals surface area contributed by atoms with Crippen LogP contribution in [0.3, 0.4) is 0 Å². The number of hydrogen-bond acceptors (Lipinski definition) is 5. The number of benzene rings is 5. The van der Waals surface area contributed by atoms with Gasteiger partial charge < -0.3 is 15.0 Å². The molecule has 1 aromatic heterocycles. The van der Waals surface area contributed by atoms with Crippen LogP contribution in [0.5, 0.6) is 5.75 Å². The predicted octanol–water partition coefficient (Wildman–Crippen LogP) is 8.16. The Hall–Kier alpha value is -4.35. The Kier molecular flexibility index (Phi) is 4.76. The molecule has 0 saturated carbocycles. The molecule has 8 rings (SSSR count). The van der Waals surface area contributed by atoms with E-state index in [4.69, 9.17) is 4.74 Å². The predicted molar refractivity (Wildman–Crippen MR) is 168 cm³/mol. The fourth-order valence-corrected chi connectivity index (χ4v) is 7.87. The largest absolute Gasteiger partial charge is 0.463 e. The molecule has 5 aromatic carbocycles. The van der Waals surface area contributed by atoms with E-state index in [1.165, 1.54) is 11.3 Å². The van der Waals surface area contributed by atoms with Crippen LogP contribution in [0.1, 0.15) is 19.4 Å². The summed E-state index contributed by atoms with van der Waals surface area (Å²) in [5, 5.41) is 7.58. The highest BCUT2D eigenvalue weighted by Crippen LogP contribution is 2.54. The van der Waals surface area contributed by atoms with E-state index in [1.54, 1.807) is 11.3 Å². The normalized spacial score (nSPS) is 19.0. The van der Waals surface area contributed by atoms with E-state index in [2.05, 4.69) is 97.8 Å². The minimum atomic E-state index is -0.524. The minimum Gasteiger partial charge on any atom is -0.463 e. The number of rotatable bonds is 1. The van der Waals surface area contributed by atoms with Crippen LogP contribution >= 0.6 is 11.3 Å². The van der Waals surface area contributed by atoms with E-state index in [0.717, 1.165) is 53.5 Å². The van der Waals surface area contributed by atoms with Crippen LogP contribution in [0, 0.1) is 0 Å². The van der Waals surface area contributed by atoms with E-state index < -0.39 is 5.72 Å². The fraction of sp³-hybridized carbons (Fsp3) is 0.171. The summed E-state index contributed by atoms with van der Waals surface area (Å²) in [4.78, 5) is 15.6. The number of ether oxygens (including phenoxy) is 1. The van der Waals surface area contributed by atoms with Crippen molar-refractivity contribution in [2.75, 3.05) is 23.8 Å². The highest BCUT2D eigenvalue weighted by atomic mass is 32.1. The van der Waals surface area contributed by atoms with Gasteiger partial charge in [0.1, 0.15) is 5.75 Å². The second kappa shape index (κ2) is 8.09. The van der Waals surface area contributed by atoms with E-state index in [9.17, 15) is 4.79 Å². The lowest BCUT2D eigenvalue weighted by Crippen LogP contribution is -2.64. The summed E-state index contributed by atoms with van der Waals surface area (Å²) in [5.41, 5.74) is 5.05. The van der Waals surface area contributed by atoms with Crippen molar-refractivity contribution in [3.8, 4) is 16.9 Å². The average molecular weight is 541 g/mol. The number of likely N-dealkylation sites (N-methyl/N-ethyl adjacent to an activating group) is 1. The van der Waals surface area contributed by atoms with Crippen LogP contribution in [0.2, 0.25) is 0 Å². The van der Waals surface area contributed by atoms with Crippen molar-refractivity contribution in [3.05, 3.63) is 113 Å². The van der Waals surface area contributed by atoms with E-state index in [-0.39, 0.29) is 10.8 Å². The SMILES string of the molecule is CN1c2ccccc2C(C)(C)C12CNc1c(ccc3cc(-c4ccc5sc6ccccc6c(=O)c5c4)ccc13)O2. The van der Waals surface area contributed by atoms with Gasteiger partial charge in [-0.1, -0.05) is 54.6 Å². The van der Waals surface area contributed by atoms with Crippen molar-refractivity contribution in [1.82, 2.24) is 0 Å². The Balaban J connectivity index is 1.19. The first-order valence-electron chi connectivity index (χ1n) is 13.7. The Morgan fingerprint density at radius 1 is 0.800 bits per heavy atom. The van der Waals surface area contributed by atoms with Crippen molar-refractivity contribution in [2.24, 2.45) is 0 Å². The molecule has 1 N–H and O–H groups in total. The van der Waals surface area contributed by atoms with Gasteiger partial charge in [0.25, 0.3) is 0 Å². The van der Waals surface area contributed by atoms with Crippen LogP contribution in [0.15, 0.2) is 102 Å². The molecule has 3 heterocycles. The van der Waals surface area contributed by atoms with Gasteiger partial charge in [0.2, 0.25) is 5.72 Å². The number of nitrogens with one attached hydrogen (secondary N) is 1. The van der Waals surface area contributed by atoms with E-state index >= 15 is 0 Å². The van der Waals surface area contributed by atoms with Crippen LogP contribution < -0.4 is 20.4 Å². The lowest BCUT2D eigenvalue weighted by molar-refractivity contribution is 0.0201. The molecule has 0 bridgehead atoms. The Morgan fingerprint density at radius 2 is 1.55 bits per heavy atom. The van der Waals surface area contributed by atoms with Gasteiger partial charge in [-0.2, -0.15) is 0 Å². The molecule has 40 heavy (non-hydrogen) atoms. The maximum absolute atomic E-state index is 13.3. The number of nitrogens with zero attached hydrogens (tertiary/aromatic N) is 1. The summed E-state index contributed by atoms with van der Waals surface area (Å²) in [7, 11) is 2.13. The Bertz CT molecular complexity index is 2080. The van der Waals surface area contributed by atoms with Gasteiger partial charge in [-0.15, -0.1) is 11.3 Å². The highest BCUT2D eigenvalue weighted by Gasteiger charge is 2.59. The molecule has 1 unspecified atom stereocenters. The maximum atomic E-state index is 13.3. The van der Waals surface area contributed by atoms with Gasteiger partial charge >= 0.3 is 0 Å². The van der Waals surface area contributed by atoms with E-state index in [1.807, 2.05) is 30.3 Å². The summed E-state index contributed by atoms with van der Waals surface area (Å²) in [6, 6.07) is 33.4. The monoisotopic (exact) mass is 540 g/mol. The first-order chi connectivity index (χ1) is 19.4. The van der Waals surface area contributed by atoms with Gasteiger partial charge in [0.05, 0.1) is 17.6 Å². The number of para-hydroxylation sites is 1. The number of anilines is 2. The summed E-state index contributed by atoms with van der Waals surface area (Å²) < 4.78 is 8.98. The summed E-state index contributed by atoms with van der Waals surface area (Å²) in [6.07, 6.45) is 0. The molecule has 0 aliphatic carbocycles. The van der Waals surface area contributed by atoms with Crippen LogP contribution in [0.25, 0.3) is 42.1 Å². The molecule has 1 atom stereocenters. The summed E-state index contributed by atoms with van der Waals surface area (Å²) in [5.74, 6) is 0.870. The zero-order valence-electron chi connectivity index (χ0n) is 22.6. The number of hydrogen-bond donors (Lipinski definition) is 1. The summed E-state index contributed by atoms with van der Waals surface area (Å²) >= 11 is 1.67. The van der Waals surface area contributed by atoms with Gasteiger partial charge in [0, 0.05) is 38.3 Å². The smallest absolute Gasteiger partial charge is 0.209 e. The van der Waals surface area contributed by atoms with Crippen molar-refractivity contribution in [2.45, 2.75) is 25.0 Å². The van der Waals surface area contributed by atoms with Crippen LogP contribution in [-0.4, -0.2) is 19.3 Å². The second-order valence-electron chi connectivity index (χ2n) is 11.5. The van der Waals surface area contributed by atoms with Crippen LogP contribution in [0.4, 0.5) is 11.4 Å². The molecule has 2 aliphatic heterocycles. The molecule has 2 aliphatic rings. The van der Waals surface area contributed by atoms with Gasteiger partial charge in [-0.25, -0.2) is 0 Å². The topological polar surface area (TPSA) is 41.6 Å². The Morgan fingerprint density at radius 3 is 2.42 bits per heavy atom. The third kappa shape index (κ3) is 3.04. The molecule has 0 amide bonds. The number of fused-ring (bicyclic) bond motifs is 6. The molecule has 5 heteroatoms. The molecular weight excluding hydrogens is 512 g/mol. The third-order valence-corrected chi connectivity index (χ3v) is 10.3. The second-order valence-corrected chi connectivity index (χ2v) is 12.5. The van der Waals surface area contributed by atoms with Crippen molar-refractivity contribution < 1.29 is 4.74 Å². The molecule has 1 spiro atoms. The highest BCUT2D eigenvalue weighted by molar-refractivity contribution is 7.24. The zero-order chi connectivity index (χ0) is 27.2. The van der Waals surface area contributed by atoms with Gasteiger partial charge in [-0.05, 0) is 78.4 Å². The first kappa shape index (κ1) is 23.5. The van der Waals surface area contributed by atoms with Crippen molar-refractivity contribution in [3.63, 3.8) is 0 Å². The van der Waals surface area contributed by atoms with E-state index in [0.29, 0.717) is 6.54 Å². The van der Waals surface area contributed by atoms with Crippen LogP contribution in [-0.2, 0) is 5.41 Å². The molecule has 0 radical (unpaired) electrons. The average Bonchev–Trinajstić information content (AvgIpc) is 3.14. The Labute approximate surface area is 236 Å². The molecule has 196 valence electrons. The molecule has 0 saturated heterocycles. The lowest BCUT2D eigenvalue weighted by atomic mass is 9.77.